The van der Waals surface area contributed by atoms with E-state index in [2.05, 4.69) is 10.2 Å². The summed E-state index contributed by atoms with van der Waals surface area (Å²) in [5, 5.41) is 4.21. The molecule has 0 spiro atoms. The monoisotopic (exact) mass is 184 g/mol. The molecule has 0 saturated heterocycles. The molecule has 0 aliphatic rings. The molecule has 0 aromatic carbocycles. The van der Waals surface area contributed by atoms with Crippen LogP contribution in [0.15, 0.2) is 21.7 Å². The lowest BCUT2D eigenvalue weighted by Gasteiger charge is -1.76. The number of hydrogen-bond donors (Lipinski definition) is 2. The van der Waals surface area contributed by atoms with E-state index >= 15 is 0 Å². The molecular formula is C4H6Cl2N2O2. The third-order valence-electron chi connectivity index (χ3n) is 0.695. The van der Waals surface area contributed by atoms with Crippen molar-refractivity contribution >= 4 is 24.8 Å². The van der Waals surface area contributed by atoms with Crippen LogP contribution >= 0.6 is 24.8 Å². The van der Waals surface area contributed by atoms with Gasteiger partial charge in [-0.25, -0.2) is 0 Å². The fraction of sp³-hybridized carbons (Fsp3) is 0. The van der Waals surface area contributed by atoms with Gasteiger partial charge in [0.25, 0.3) is 11.1 Å². The summed E-state index contributed by atoms with van der Waals surface area (Å²) in [5.41, 5.74) is -0.603. The summed E-state index contributed by atoms with van der Waals surface area (Å²) in [6.07, 6.45) is 0. The Morgan fingerprint density at radius 2 is 1.20 bits per heavy atom. The van der Waals surface area contributed by atoms with Gasteiger partial charge in [-0.1, -0.05) is 0 Å². The third kappa shape index (κ3) is 3.32. The van der Waals surface area contributed by atoms with Crippen LogP contribution in [0.4, 0.5) is 0 Å². The molecule has 0 bridgehead atoms. The molecule has 1 heterocycles. The van der Waals surface area contributed by atoms with Crippen LogP contribution in [0.3, 0.4) is 0 Å². The highest BCUT2D eigenvalue weighted by Gasteiger charge is 1.77. The van der Waals surface area contributed by atoms with Crippen molar-refractivity contribution in [2.24, 2.45) is 0 Å². The number of aromatic amines is 2. The molecule has 0 atom stereocenters. The molecule has 1 aromatic heterocycles. The van der Waals surface area contributed by atoms with Gasteiger partial charge >= 0.3 is 0 Å². The molecule has 58 valence electrons. The maximum absolute atomic E-state index is 10.2. The first-order valence-corrected chi connectivity index (χ1v) is 2.07. The summed E-state index contributed by atoms with van der Waals surface area (Å²) >= 11 is 0. The van der Waals surface area contributed by atoms with E-state index in [1.807, 2.05) is 0 Å². The van der Waals surface area contributed by atoms with Gasteiger partial charge in [-0.05, 0) is 0 Å². The second kappa shape index (κ2) is 5.08. The van der Waals surface area contributed by atoms with Gasteiger partial charge in [0.1, 0.15) is 0 Å². The van der Waals surface area contributed by atoms with Gasteiger partial charge in [0.05, 0.1) is 0 Å². The highest BCUT2D eigenvalue weighted by molar-refractivity contribution is 5.85. The van der Waals surface area contributed by atoms with E-state index in [0.717, 1.165) is 0 Å². The van der Waals surface area contributed by atoms with E-state index in [0.29, 0.717) is 0 Å². The van der Waals surface area contributed by atoms with Crippen molar-refractivity contribution in [2.75, 3.05) is 0 Å². The van der Waals surface area contributed by atoms with Crippen LogP contribution in [-0.4, -0.2) is 10.2 Å². The molecule has 1 aromatic rings. The van der Waals surface area contributed by atoms with Gasteiger partial charge < -0.3 is 0 Å². The van der Waals surface area contributed by atoms with Crippen LogP contribution in [0, 0.1) is 0 Å². The molecule has 1 rings (SSSR count). The Morgan fingerprint density at radius 3 is 1.40 bits per heavy atom. The standard InChI is InChI=1S/C4H4N2O2.2ClH/c7-3-1-2-4(8)6-5-3;;/h1-2H,(H,5,7)(H,6,8);2*1H. The largest absolute Gasteiger partial charge is 0.268 e. The zero-order chi connectivity index (χ0) is 5.98. The number of H-pyrrole nitrogens is 2. The van der Waals surface area contributed by atoms with Crippen LogP contribution in [0.25, 0.3) is 0 Å². The van der Waals surface area contributed by atoms with Gasteiger partial charge in [0.15, 0.2) is 0 Å². The average molecular weight is 185 g/mol. The first-order valence-electron chi connectivity index (χ1n) is 2.07. The molecule has 0 saturated carbocycles. The van der Waals surface area contributed by atoms with E-state index in [1.165, 1.54) is 12.1 Å². The second-order valence-corrected chi connectivity index (χ2v) is 1.31. The van der Waals surface area contributed by atoms with Gasteiger partial charge in [0, 0.05) is 12.1 Å². The summed E-state index contributed by atoms with van der Waals surface area (Å²) in [5.74, 6) is 0. The second-order valence-electron chi connectivity index (χ2n) is 1.31. The van der Waals surface area contributed by atoms with Crippen molar-refractivity contribution in [1.82, 2.24) is 10.2 Å². The number of nitrogens with one attached hydrogen (secondary N) is 2. The van der Waals surface area contributed by atoms with Crippen molar-refractivity contribution in [3.63, 3.8) is 0 Å². The van der Waals surface area contributed by atoms with E-state index in [1.54, 1.807) is 0 Å². The lowest BCUT2D eigenvalue weighted by molar-refractivity contribution is 0.952. The molecule has 10 heavy (non-hydrogen) atoms. The summed E-state index contributed by atoms with van der Waals surface area (Å²) in [6.45, 7) is 0. The Bertz CT molecular complexity index is 227. The van der Waals surface area contributed by atoms with E-state index in [9.17, 15) is 9.59 Å². The van der Waals surface area contributed by atoms with Crippen LogP contribution in [0.2, 0.25) is 0 Å². The highest BCUT2D eigenvalue weighted by Crippen LogP contribution is 1.50. The number of halogens is 2. The maximum atomic E-state index is 10.2. The quantitative estimate of drug-likeness (QED) is 0.592. The van der Waals surface area contributed by atoms with Crippen molar-refractivity contribution in [1.29, 1.82) is 0 Å². The smallest absolute Gasteiger partial charge is 0.262 e. The molecule has 2 N–H and O–H groups in total. The van der Waals surface area contributed by atoms with Gasteiger partial charge in [-0.2, -0.15) is 0 Å². The minimum Gasteiger partial charge on any atom is -0.268 e. The molecule has 6 heteroatoms. The fourth-order valence-electron chi connectivity index (χ4n) is 0.358. The number of aromatic nitrogens is 2. The topological polar surface area (TPSA) is 65.7 Å². The Labute approximate surface area is 68.5 Å². The normalized spacial score (nSPS) is 7.20. The van der Waals surface area contributed by atoms with E-state index < -0.39 is 0 Å². The van der Waals surface area contributed by atoms with Crippen molar-refractivity contribution in [3.05, 3.63) is 32.8 Å². The van der Waals surface area contributed by atoms with Crippen LogP contribution in [0.5, 0.6) is 0 Å². The predicted octanol–water partition coefficient (Wildman–Crippen LogP) is -0.0932. The summed E-state index contributed by atoms with van der Waals surface area (Å²) in [6, 6.07) is 2.33. The van der Waals surface area contributed by atoms with Crippen molar-refractivity contribution in [2.45, 2.75) is 0 Å². The number of hydrogen-bond acceptors (Lipinski definition) is 2. The molecule has 0 aliphatic carbocycles. The zero-order valence-electron chi connectivity index (χ0n) is 4.79. The van der Waals surface area contributed by atoms with Gasteiger partial charge in [-0.3, -0.25) is 19.8 Å². The van der Waals surface area contributed by atoms with E-state index in [-0.39, 0.29) is 35.9 Å². The number of rotatable bonds is 0. The predicted molar refractivity (Wildman–Crippen MR) is 42.2 cm³/mol. The third-order valence-corrected chi connectivity index (χ3v) is 0.695. The average Bonchev–Trinajstić information content (AvgIpc) is 1.77. The zero-order valence-corrected chi connectivity index (χ0v) is 6.42. The highest BCUT2D eigenvalue weighted by atomic mass is 35.5. The molecule has 0 fully saturated rings. The van der Waals surface area contributed by atoms with Crippen LogP contribution in [-0.2, 0) is 0 Å². The van der Waals surface area contributed by atoms with E-state index in [4.69, 9.17) is 0 Å². The minimum atomic E-state index is -0.301. The first-order chi connectivity index (χ1) is 3.79. The Morgan fingerprint density at radius 1 is 0.900 bits per heavy atom. The molecule has 4 nitrogen and oxygen atoms in total. The fourth-order valence-corrected chi connectivity index (χ4v) is 0.358. The first kappa shape index (κ1) is 12.0. The minimum absolute atomic E-state index is 0. The van der Waals surface area contributed by atoms with Gasteiger partial charge in [0.2, 0.25) is 0 Å². The summed E-state index contributed by atoms with van der Waals surface area (Å²) in [4.78, 5) is 20.4. The Kier molecular flexibility index (Phi) is 6.09. The Hall–Kier alpha value is -0.740. The summed E-state index contributed by atoms with van der Waals surface area (Å²) in [7, 11) is 0. The molecular weight excluding hydrogens is 179 g/mol. The Balaban J connectivity index is 0. The van der Waals surface area contributed by atoms with Crippen LogP contribution in [0.1, 0.15) is 0 Å². The van der Waals surface area contributed by atoms with Crippen LogP contribution < -0.4 is 11.1 Å². The molecule has 0 aliphatic heterocycles. The lowest BCUT2D eigenvalue weighted by Crippen LogP contribution is -2.14. The SMILES string of the molecule is Cl.Cl.O=c1ccc(=O)[nH][nH]1. The van der Waals surface area contributed by atoms with Crippen molar-refractivity contribution < 1.29 is 0 Å². The molecule has 0 unspecified atom stereocenters. The van der Waals surface area contributed by atoms with Gasteiger partial charge in [-0.15, -0.1) is 24.8 Å². The molecule has 0 amide bonds. The molecule has 0 radical (unpaired) electrons. The van der Waals surface area contributed by atoms with Crippen molar-refractivity contribution in [3.8, 4) is 0 Å². The lowest BCUT2D eigenvalue weighted by atomic mass is 10.6. The summed E-state index contributed by atoms with van der Waals surface area (Å²) < 4.78 is 0. The maximum Gasteiger partial charge on any atom is 0.262 e.